The number of rotatable bonds is 7. The third-order valence-corrected chi connectivity index (χ3v) is 7.85. The van der Waals surface area contributed by atoms with Gasteiger partial charge in [0.15, 0.2) is 0 Å². The second-order valence-corrected chi connectivity index (χ2v) is 10.3. The zero-order valence-corrected chi connectivity index (χ0v) is 21.1. The lowest BCUT2D eigenvalue weighted by molar-refractivity contribution is -0.113. The van der Waals surface area contributed by atoms with Crippen LogP contribution in [0, 0.1) is 6.92 Å². The van der Waals surface area contributed by atoms with E-state index in [4.69, 9.17) is 4.42 Å². The quantitative estimate of drug-likeness (QED) is 0.454. The van der Waals surface area contributed by atoms with Gasteiger partial charge in [0, 0.05) is 37.8 Å². The van der Waals surface area contributed by atoms with Crippen molar-refractivity contribution < 1.29 is 9.21 Å². The molecule has 1 aliphatic carbocycles. The molecule has 1 saturated heterocycles. The highest BCUT2D eigenvalue weighted by Crippen LogP contribution is 2.30. The highest BCUT2D eigenvalue weighted by atomic mass is 32.2. The number of amides is 1. The van der Waals surface area contributed by atoms with Crippen molar-refractivity contribution in [1.29, 1.82) is 0 Å². The molecule has 1 saturated carbocycles. The Labute approximate surface area is 211 Å². The molecule has 35 heavy (non-hydrogen) atoms. The van der Waals surface area contributed by atoms with Gasteiger partial charge in [-0.1, -0.05) is 61.4 Å². The Balaban J connectivity index is 1.16. The first-order chi connectivity index (χ1) is 17.2. The number of benzene rings is 2. The van der Waals surface area contributed by atoms with Gasteiger partial charge < -0.3 is 14.6 Å². The number of piperazine rings is 1. The van der Waals surface area contributed by atoms with E-state index in [-0.39, 0.29) is 11.7 Å². The number of aromatic nitrogens is 2. The maximum absolute atomic E-state index is 12.8. The molecule has 0 unspecified atom stereocenters. The van der Waals surface area contributed by atoms with Gasteiger partial charge in [0.2, 0.25) is 11.8 Å². The van der Waals surface area contributed by atoms with E-state index in [9.17, 15) is 4.79 Å². The molecule has 1 aliphatic heterocycles. The molecule has 5 rings (SSSR count). The number of nitrogens with zero attached hydrogens (tertiary/aromatic N) is 4. The Morgan fingerprint density at radius 3 is 2.54 bits per heavy atom. The fourth-order valence-corrected chi connectivity index (χ4v) is 5.70. The molecular weight excluding hydrogens is 458 g/mol. The maximum atomic E-state index is 12.8. The van der Waals surface area contributed by atoms with Crippen LogP contribution in [0.5, 0.6) is 0 Å². The molecule has 8 heteroatoms. The molecule has 184 valence electrons. The Morgan fingerprint density at radius 2 is 1.74 bits per heavy atom. The fourth-order valence-electron chi connectivity index (χ4n) is 5.13. The number of nitrogens with one attached hydrogen (secondary N) is 1. The average Bonchev–Trinajstić information content (AvgIpc) is 3.38. The van der Waals surface area contributed by atoms with Gasteiger partial charge in [-0.25, -0.2) is 0 Å². The van der Waals surface area contributed by atoms with Crippen molar-refractivity contribution in [1.82, 2.24) is 15.1 Å². The Kier molecular flexibility index (Phi) is 7.69. The van der Waals surface area contributed by atoms with E-state index < -0.39 is 0 Å². The summed E-state index contributed by atoms with van der Waals surface area (Å²) < 4.78 is 5.78. The average molecular weight is 492 g/mol. The standard InChI is InChI=1S/C27H33N5O2S/c1-20-9-5-6-12-22(20)26-29-30-27(34-26)35-19-25(33)28-23-13-7-8-14-24(23)32-17-15-31(16-18-32)21-10-3-2-4-11-21/h5-9,12-14,21H,2-4,10-11,15-19H2,1H3,(H,28,33). The van der Waals surface area contributed by atoms with Crippen LogP contribution in [0.15, 0.2) is 58.2 Å². The molecule has 1 aromatic heterocycles. The minimum absolute atomic E-state index is 0.0843. The summed E-state index contributed by atoms with van der Waals surface area (Å²) in [6, 6.07) is 16.7. The van der Waals surface area contributed by atoms with E-state index in [1.54, 1.807) is 0 Å². The van der Waals surface area contributed by atoms with Gasteiger partial charge in [0.25, 0.3) is 5.22 Å². The van der Waals surface area contributed by atoms with Crippen molar-refractivity contribution in [3.05, 3.63) is 54.1 Å². The summed E-state index contributed by atoms with van der Waals surface area (Å²) in [5.41, 5.74) is 3.93. The topological polar surface area (TPSA) is 74.5 Å². The predicted molar refractivity (Wildman–Crippen MR) is 141 cm³/mol. The van der Waals surface area contributed by atoms with E-state index >= 15 is 0 Å². The van der Waals surface area contributed by atoms with E-state index in [1.165, 1.54) is 43.9 Å². The van der Waals surface area contributed by atoms with Crippen molar-refractivity contribution in [3.8, 4) is 11.5 Å². The predicted octanol–water partition coefficient (Wildman–Crippen LogP) is 5.23. The molecule has 0 bridgehead atoms. The van der Waals surface area contributed by atoms with Crippen LogP contribution in [-0.4, -0.2) is 59.0 Å². The van der Waals surface area contributed by atoms with E-state index in [0.29, 0.717) is 11.1 Å². The summed E-state index contributed by atoms with van der Waals surface area (Å²) in [6.45, 7) is 6.16. The second-order valence-electron chi connectivity index (χ2n) is 9.36. The molecule has 3 aromatic rings. The highest BCUT2D eigenvalue weighted by Gasteiger charge is 2.26. The summed E-state index contributed by atoms with van der Waals surface area (Å²) >= 11 is 1.25. The normalized spacial score (nSPS) is 17.5. The third kappa shape index (κ3) is 5.87. The molecule has 2 aromatic carbocycles. The summed E-state index contributed by atoms with van der Waals surface area (Å²) in [5, 5.41) is 11.7. The lowest BCUT2D eigenvalue weighted by atomic mass is 9.94. The molecule has 7 nitrogen and oxygen atoms in total. The van der Waals surface area contributed by atoms with Crippen molar-refractivity contribution in [3.63, 3.8) is 0 Å². The first-order valence-corrected chi connectivity index (χ1v) is 13.6. The van der Waals surface area contributed by atoms with Crippen LogP contribution in [0.2, 0.25) is 0 Å². The van der Waals surface area contributed by atoms with E-state index in [0.717, 1.165) is 54.7 Å². The van der Waals surface area contributed by atoms with Crippen LogP contribution in [0.4, 0.5) is 11.4 Å². The largest absolute Gasteiger partial charge is 0.411 e. The number of hydrogen-bond donors (Lipinski definition) is 1. The Bertz CT molecular complexity index is 1140. The van der Waals surface area contributed by atoms with Crippen LogP contribution >= 0.6 is 11.8 Å². The minimum Gasteiger partial charge on any atom is -0.411 e. The Hall–Kier alpha value is -2.84. The van der Waals surface area contributed by atoms with Crippen LogP contribution in [0.25, 0.3) is 11.5 Å². The summed E-state index contributed by atoms with van der Waals surface area (Å²) in [5.74, 6) is 0.599. The van der Waals surface area contributed by atoms with Gasteiger partial charge in [0.1, 0.15) is 0 Å². The first kappa shape index (κ1) is 23.9. The third-order valence-electron chi connectivity index (χ3n) is 7.03. The molecule has 0 atom stereocenters. The number of anilines is 2. The zero-order chi connectivity index (χ0) is 24.0. The van der Waals surface area contributed by atoms with E-state index in [1.807, 2.05) is 49.4 Å². The summed E-state index contributed by atoms with van der Waals surface area (Å²) in [4.78, 5) is 17.8. The van der Waals surface area contributed by atoms with Crippen LogP contribution in [0.1, 0.15) is 37.7 Å². The van der Waals surface area contributed by atoms with Gasteiger partial charge >= 0.3 is 0 Å². The van der Waals surface area contributed by atoms with Crippen LogP contribution in [-0.2, 0) is 4.79 Å². The number of carbonyl (C=O) groups excluding carboxylic acids is 1. The van der Waals surface area contributed by atoms with E-state index in [2.05, 4.69) is 31.4 Å². The Morgan fingerprint density at radius 1 is 1.00 bits per heavy atom. The number of carbonyl (C=O) groups is 1. The number of para-hydroxylation sites is 2. The van der Waals surface area contributed by atoms with Crippen molar-refractivity contribution in [2.24, 2.45) is 0 Å². The van der Waals surface area contributed by atoms with Gasteiger partial charge in [0.05, 0.1) is 17.1 Å². The number of aryl methyl sites for hydroxylation is 1. The van der Waals surface area contributed by atoms with Gasteiger partial charge in [-0.05, 0) is 43.5 Å². The lowest BCUT2D eigenvalue weighted by Gasteiger charge is -2.42. The first-order valence-electron chi connectivity index (χ1n) is 12.6. The lowest BCUT2D eigenvalue weighted by Crippen LogP contribution is -2.51. The van der Waals surface area contributed by atoms with Crippen molar-refractivity contribution >= 4 is 29.0 Å². The second kappa shape index (κ2) is 11.3. The molecule has 0 radical (unpaired) electrons. The van der Waals surface area contributed by atoms with Crippen LogP contribution in [0.3, 0.4) is 0 Å². The molecule has 0 spiro atoms. The molecule has 2 aliphatic rings. The maximum Gasteiger partial charge on any atom is 0.277 e. The highest BCUT2D eigenvalue weighted by molar-refractivity contribution is 7.99. The minimum atomic E-state index is -0.0843. The summed E-state index contributed by atoms with van der Waals surface area (Å²) in [7, 11) is 0. The zero-order valence-electron chi connectivity index (χ0n) is 20.3. The van der Waals surface area contributed by atoms with Gasteiger partial charge in [-0.2, -0.15) is 0 Å². The number of thioether (sulfide) groups is 1. The number of hydrogen-bond acceptors (Lipinski definition) is 7. The molecule has 2 heterocycles. The van der Waals surface area contributed by atoms with Crippen LogP contribution < -0.4 is 10.2 Å². The monoisotopic (exact) mass is 491 g/mol. The molecule has 1 N–H and O–H groups in total. The molecule has 1 amide bonds. The van der Waals surface area contributed by atoms with Gasteiger partial charge in [-0.15, -0.1) is 10.2 Å². The smallest absolute Gasteiger partial charge is 0.277 e. The van der Waals surface area contributed by atoms with Crippen molar-refractivity contribution in [2.75, 3.05) is 42.1 Å². The molecule has 2 fully saturated rings. The molecular formula is C27H33N5O2S. The summed E-state index contributed by atoms with van der Waals surface area (Å²) in [6.07, 6.45) is 6.82. The SMILES string of the molecule is Cc1ccccc1-c1nnc(SCC(=O)Nc2ccccc2N2CCN(C3CCCCC3)CC2)o1. The fraction of sp³-hybridized carbons (Fsp3) is 0.444. The van der Waals surface area contributed by atoms with Gasteiger partial charge in [-0.3, -0.25) is 9.69 Å². The van der Waals surface area contributed by atoms with Crippen molar-refractivity contribution in [2.45, 2.75) is 50.3 Å².